The van der Waals surface area contributed by atoms with Gasteiger partial charge in [0, 0.05) is 18.8 Å². The van der Waals surface area contributed by atoms with Gasteiger partial charge in [-0.2, -0.15) is 0 Å². The van der Waals surface area contributed by atoms with Crippen molar-refractivity contribution in [3.63, 3.8) is 0 Å². The van der Waals surface area contributed by atoms with E-state index in [-0.39, 0.29) is 11.7 Å². The highest BCUT2D eigenvalue weighted by molar-refractivity contribution is 7.40. The molecule has 1 N–H and O–H groups in total. The number of fused-ring (bicyclic) bond motifs is 1. The Morgan fingerprint density at radius 2 is 2.00 bits per heavy atom. The predicted octanol–water partition coefficient (Wildman–Crippen LogP) is 4.74. The number of piperidine rings is 1. The Morgan fingerprint density at radius 3 is 2.75 bits per heavy atom. The van der Waals surface area contributed by atoms with Gasteiger partial charge in [-0.15, -0.1) is 11.3 Å². The molecule has 4 nitrogen and oxygen atoms in total. The SMILES string of the molecule is O=C(Nc1cccc(F)c1)c1cc2nc(N3CCCCC3)sc2s1. The van der Waals surface area contributed by atoms with E-state index in [1.165, 1.54) is 42.7 Å². The first kappa shape index (κ1) is 15.5. The van der Waals surface area contributed by atoms with Gasteiger partial charge in [0.05, 0.1) is 10.4 Å². The van der Waals surface area contributed by atoms with Crippen LogP contribution in [0.2, 0.25) is 0 Å². The number of anilines is 2. The number of thiazole rings is 1. The predicted molar refractivity (Wildman–Crippen MR) is 97.9 cm³/mol. The average Bonchev–Trinajstić information content (AvgIpc) is 3.14. The highest BCUT2D eigenvalue weighted by Crippen LogP contribution is 2.36. The number of rotatable bonds is 3. The fraction of sp³-hybridized carbons (Fsp3) is 0.294. The van der Waals surface area contributed by atoms with Crippen LogP contribution in [0.4, 0.5) is 15.2 Å². The third kappa shape index (κ3) is 3.14. The number of aromatic nitrogens is 1. The van der Waals surface area contributed by atoms with Crippen molar-refractivity contribution >= 4 is 48.9 Å². The number of carbonyl (C=O) groups excluding carboxylic acids is 1. The molecule has 1 aromatic carbocycles. The number of amides is 1. The van der Waals surface area contributed by atoms with E-state index in [0.717, 1.165) is 27.8 Å². The molecule has 124 valence electrons. The standard InChI is InChI=1S/C17H16FN3OS2/c18-11-5-4-6-12(9-11)19-15(22)14-10-13-16(23-14)24-17(20-13)21-7-2-1-3-8-21/h4-6,9-10H,1-3,7-8H2,(H,19,22). The summed E-state index contributed by atoms with van der Waals surface area (Å²) in [4.78, 5) is 19.9. The number of nitrogens with zero attached hydrogens (tertiary/aromatic N) is 2. The Balaban J connectivity index is 1.52. The maximum Gasteiger partial charge on any atom is 0.265 e. The van der Waals surface area contributed by atoms with Gasteiger partial charge in [-0.1, -0.05) is 17.4 Å². The van der Waals surface area contributed by atoms with Gasteiger partial charge in [0.1, 0.15) is 9.83 Å². The minimum absolute atomic E-state index is 0.227. The van der Waals surface area contributed by atoms with E-state index < -0.39 is 0 Å². The maximum atomic E-state index is 13.2. The molecule has 3 aromatic rings. The monoisotopic (exact) mass is 361 g/mol. The summed E-state index contributed by atoms with van der Waals surface area (Å²) in [6, 6.07) is 7.72. The van der Waals surface area contributed by atoms with Gasteiger partial charge in [-0.05, 0) is 43.5 Å². The molecule has 2 aromatic heterocycles. The summed E-state index contributed by atoms with van der Waals surface area (Å²) >= 11 is 3.08. The molecule has 0 spiro atoms. The molecule has 0 bridgehead atoms. The van der Waals surface area contributed by atoms with E-state index in [0.29, 0.717) is 10.6 Å². The molecular weight excluding hydrogens is 345 g/mol. The molecule has 1 aliphatic rings. The lowest BCUT2D eigenvalue weighted by Crippen LogP contribution is -2.29. The minimum atomic E-state index is -0.368. The first-order valence-electron chi connectivity index (χ1n) is 7.91. The second-order valence-corrected chi connectivity index (χ2v) is 8.08. The van der Waals surface area contributed by atoms with E-state index in [1.807, 2.05) is 6.07 Å². The summed E-state index contributed by atoms with van der Waals surface area (Å²) in [5.41, 5.74) is 1.33. The van der Waals surface area contributed by atoms with Crippen LogP contribution in [-0.2, 0) is 0 Å². The number of hydrogen-bond donors (Lipinski definition) is 1. The first-order valence-corrected chi connectivity index (χ1v) is 9.54. The van der Waals surface area contributed by atoms with Crippen molar-refractivity contribution in [2.75, 3.05) is 23.3 Å². The van der Waals surface area contributed by atoms with Gasteiger partial charge in [0.15, 0.2) is 5.13 Å². The fourth-order valence-corrected chi connectivity index (χ4v) is 5.03. The summed E-state index contributed by atoms with van der Waals surface area (Å²) in [6.45, 7) is 2.13. The van der Waals surface area contributed by atoms with Crippen LogP contribution < -0.4 is 10.2 Å². The second kappa shape index (κ2) is 6.49. The first-order chi connectivity index (χ1) is 11.7. The van der Waals surface area contributed by atoms with Crippen molar-refractivity contribution in [3.8, 4) is 0 Å². The van der Waals surface area contributed by atoms with Crippen LogP contribution in [0.5, 0.6) is 0 Å². The number of halogens is 1. The Bertz CT molecular complexity index is 851. The van der Waals surface area contributed by atoms with E-state index in [9.17, 15) is 9.18 Å². The van der Waals surface area contributed by atoms with E-state index in [2.05, 4.69) is 15.2 Å². The second-order valence-electron chi connectivity index (χ2n) is 5.79. The Morgan fingerprint density at radius 1 is 1.17 bits per heavy atom. The zero-order chi connectivity index (χ0) is 16.5. The third-order valence-electron chi connectivity index (χ3n) is 4.01. The normalized spacial score (nSPS) is 15.0. The zero-order valence-corrected chi connectivity index (χ0v) is 14.6. The van der Waals surface area contributed by atoms with Crippen molar-refractivity contribution in [2.24, 2.45) is 0 Å². The topological polar surface area (TPSA) is 45.2 Å². The number of benzene rings is 1. The molecule has 1 amide bonds. The quantitative estimate of drug-likeness (QED) is 0.733. The molecule has 0 radical (unpaired) electrons. The molecular formula is C17H16FN3OS2. The molecule has 0 aliphatic carbocycles. The number of thiophene rings is 1. The molecule has 1 aliphatic heterocycles. The Kier molecular flexibility index (Phi) is 4.20. The number of hydrogen-bond acceptors (Lipinski definition) is 5. The van der Waals surface area contributed by atoms with Crippen LogP contribution in [0.25, 0.3) is 9.53 Å². The highest BCUT2D eigenvalue weighted by Gasteiger charge is 2.18. The van der Waals surface area contributed by atoms with Gasteiger partial charge < -0.3 is 10.2 Å². The van der Waals surface area contributed by atoms with Crippen LogP contribution in [0.3, 0.4) is 0 Å². The molecule has 24 heavy (non-hydrogen) atoms. The highest BCUT2D eigenvalue weighted by atomic mass is 32.2. The molecule has 3 heterocycles. The summed E-state index contributed by atoms with van der Waals surface area (Å²) in [7, 11) is 0. The molecule has 7 heteroatoms. The van der Waals surface area contributed by atoms with Crippen LogP contribution in [0.15, 0.2) is 30.3 Å². The van der Waals surface area contributed by atoms with E-state index >= 15 is 0 Å². The van der Waals surface area contributed by atoms with Crippen molar-refractivity contribution in [2.45, 2.75) is 19.3 Å². The zero-order valence-electron chi connectivity index (χ0n) is 12.9. The van der Waals surface area contributed by atoms with Gasteiger partial charge in [-0.3, -0.25) is 4.79 Å². The molecule has 0 saturated carbocycles. The van der Waals surface area contributed by atoms with Crippen LogP contribution in [-0.4, -0.2) is 24.0 Å². The molecule has 1 saturated heterocycles. The van der Waals surface area contributed by atoms with Crippen molar-refractivity contribution < 1.29 is 9.18 Å². The lowest BCUT2D eigenvalue weighted by molar-refractivity contribution is 0.103. The van der Waals surface area contributed by atoms with E-state index in [4.69, 9.17) is 0 Å². The van der Waals surface area contributed by atoms with Crippen LogP contribution >= 0.6 is 22.7 Å². The Labute approximate surface area is 146 Å². The van der Waals surface area contributed by atoms with Crippen molar-refractivity contribution in [1.82, 2.24) is 4.98 Å². The number of nitrogens with one attached hydrogen (secondary N) is 1. The number of carbonyl (C=O) groups is 1. The molecule has 0 atom stereocenters. The lowest BCUT2D eigenvalue weighted by atomic mass is 10.1. The molecule has 4 rings (SSSR count). The maximum absolute atomic E-state index is 13.2. The van der Waals surface area contributed by atoms with Gasteiger partial charge in [0.2, 0.25) is 0 Å². The van der Waals surface area contributed by atoms with Gasteiger partial charge >= 0.3 is 0 Å². The average molecular weight is 361 g/mol. The van der Waals surface area contributed by atoms with Gasteiger partial charge in [0.25, 0.3) is 5.91 Å². The fourth-order valence-electron chi connectivity index (χ4n) is 2.82. The molecule has 0 unspecified atom stereocenters. The molecule has 1 fully saturated rings. The van der Waals surface area contributed by atoms with Crippen LogP contribution in [0.1, 0.15) is 28.9 Å². The summed E-state index contributed by atoms with van der Waals surface area (Å²) in [5.74, 6) is -0.594. The summed E-state index contributed by atoms with van der Waals surface area (Å²) in [6.07, 6.45) is 3.73. The Hall–Kier alpha value is -1.99. The van der Waals surface area contributed by atoms with Crippen molar-refractivity contribution in [1.29, 1.82) is 0 Å². The van der Waals surface area contributed by atoms with Crippen molar-refractivity contribution in [3.05, 3.63) is 41.0 Å². The minimum Gasteiger partial charge on any atom is -0.348 e. The van der Waals surface area contributed by atoms with Gasteiger partial charge in [-0.25, -0.2) is 9.37 Å². The summed E-state index contributed by atoms with van der Waals surface area (Å²) in [5, 5.41) is 3.77. The third-order valence-corrected chi connectivity index (χ3v) is 6.36. The van der Waals surface area contributed by atoms with E-state index in [1.54, 1.807) is 23.5 Å². The van der Waals surface area contributed by atoms with Crippen LogP contribution in [0, 0.1) is 5.82 Å². The smallest absolute Gasteiger partial charge is 0.265 e. The summed E-state index contributed by atoms with van der Waals surface area (Å²) < 4.78 is 14.3. The largest absolute Gasteiger partial charge is 0.348 e. The lowest BCUT2D eigenvalue weighted by Gasteiger charge is -2.25.